The lowest BCUT2D eigenvalue weighted by Crippen LogP contribution is -2.27. The van der Waals surface area contributed by atoms with Crippen LogP contribution in [0.3, 0.4) is 0 Å². The number of furan rings is 1. The summed E-state index contributed by atoms with van der Waals surface area (Å²) in [6, 6.07) is 14.1. The second-order valence-corrected chi connectivity index (χ2v) is 8.35. The Labute approximate surface area is 190 Å². The van der Waals surface area contributed by atoms with E-state index in [1.54, 1.807) is 36.4 Å². The average molecular weight is 475 g/mol. The lowest BCUT2D eigenvalue weighted by atomic mass is 10.1. The summed E-state index contributed by atoms with van der Waals surface area (Å²) >= 11 is 12.8. The van der Waals surface area contributed by atoms with Gasteiger partial charge in [0, 0.05) is 28.8 Å². The van der Waals surface area contributed by atoms with Crippen LogP contribution in [0.4, 0.5) is 10.5 Å². The minimum absolute atomic E-state index is 0.124. The van der Waals surface area contributed by atoms with Crippen LogP contribution in [0.5, 0.6) is 0 Å². The van der Waals surface area contributed by atoms with Crippen molar-refractivity contribution in [1.82, 2.24) is 4.90 Å². The summed E-state index contributed by atoms with van der Waals surface area (Å²) in [5, 5.41) is 11.5. The van der Waals surface area contributed by atoms with Crippen molar-refractivity contribution in [3.63, 3.8) is 0 Å². The van der Waals surface area contributed by atoms with Gasteiger partial charge in [0.1, 0.15) is 11.5 Å². The highest BCUT2D eigenvalue weighted by atomic mass is 35.5. The third kappa shape index (κ3) is 4.51. The molecule has 4 rings (SSSR count). The van der Waals surface area contributed by atoms with Gasteiger partial charge in [0.05, 0.1) is 21.4 Å². The van der Waals surface area contributed by atoms with E-state index in [4.69, 9.17) is 27.6 Å². The molecule has 1 aliphatic rings. The smallest absolute Gasteiger partial charge is 0.293 e. The fourth-order valence-corrected chi connectivity index (χ4v) is 4.08. The number of amides is 2. The van der Waals surface area contributed by atoms with E-state index in [-0.39, 0.29) is 27.4 Å². The molecule has 0 N–H and O–H groups in total. The van der Waals surface area contributed by atoms with Crippen LogP contribution in [0, 0.1) is 10.1 Å². The van der Waals surface area contributed by atoms with E-state index in [9.17, 15) is 19.7 Å². The van der Waals surface area contributed by atoms with Crippen LogP contribution in [0.1, 0.15) is 11.3 Å². The van der Waals surface area contributed by atoms with E-state index in [0.29, 0.717) is 22.1 Å². The van der Waals surface area contributed by atoms with Crippen molar-refractivity contribution < 1.29 is 18.9 Å². The molecule has 156 valence electrons. The molecule has 0 spiro atoms. The normalized spacial score (nSPS) is 15.2. The van der Waals surface area contributed by atoms with Gasteiger partial charge in [-0.1, -0.05) is 35.3 Å². The lowest BCUT2D eigenvalue weighted by Gasteiger charge is -2.12. The van der Waals surface area contributed by atoms with Crippen LogP contribution in [0.15, 0.2) is 63.9 Å². The number of nitro groups is 1. The van der Waals surface area contributed by atoms with Crippen LogP contribution in [0.25, 0.3) is 17.4 Å². The summed E-state index contributed by atoms with van der Waals surface area (Å²) in [7, 11) is 0. The number of benzene rings is 2. The fraction of sp³-hybridized carbons (Fsp3) is 0.0476. The van der Waals surface area contributed by atoms with Crippen LogP contribution in [0.2, 0.25) is 10.0 Å². The van der Waals surface area contributed by atoms with E-state index in [2.05, 4.69) is 0 Å². The number of halogens is 2. The van der Waals surface area contributed by atoms with Crippen LogP contribution in [-0.4, -0.2) is 21.0 Å². The molecule has 1 fully saturated rings. The zero-order valence-electron chi connectivity index (χ0n) is 15.6. The number of carbonyl (C=O) groups excluding carboxylic acids is 2. The Morgan fingerprint density at radius 3 is 2.52 bits per heavy atom. The highest BCUT2D eigenvalue weighted by molar-refractivity contribution is 8.18. The maximum absolute atomic E-state index is 12.7. The number of rotatable bonds is 5. The fourth-order valence-electron chi connectivity index (χ4n) is 2.93. The zero-order chi connectivity index (χ0) is 22.1. The van der Waals surface area contributed by atoms with Gasteiger partial charge < -0.3 is 4.42 Å². The van der Waals surface area contributed by atoms with Gasteiger partial charge in [0.25, 0.3) is 16.8 Å². The summed E-state index contributed by atoms with van der Waals surface area (Å²) < 4.78 is 5.70. The largest absolute Gasteiger partial charge is 0.457 e. The lowest BCUT2D eigenvalue weighted by molar-refractivity contribution is -0.384. The Bertz CT molecular complexity index is 1240. The van der Waals surface area contributed by atoms with E-state index in [1.165, 1.54) is 24.3 Å². The van der Waals surface area contributed by atoms with E-state index < -0.39 is 10.8 Å². The highest BCUT2D eigenvalue weighted by Gasteiger charge is 2.35. The molecule has 0 bridgehead atoms. The van der Waals surface area contributed by atoms with Crippen LogP contribution in [-0.2, 0) is 11.3 Å². The summed E-state index contributed by atoms with van der Waals surface area (Å²) in [5.74, 6) is 0.186. The number of carbonyl (C=O) groups is 2. The molecule has 0 radical (unpaired) electrons. The van der Waals surface area contributed by atoms with E-state index in [0.717, 1.165) is 22.2 Å². The molecule has 7 nitrogen and oxygen atoms in total. The number of hydrogen-bond acceptors (Lipinski definition) is 6. The molecule has 1 saturated heterocycles. The molecular weight excluding hydrogens is 463 g/mol. The zero-order valence-corrected chi connectivity index (χ0v) is 17.9. The molecular formula is C21H12Cl2N2O5S. The molecule has 2 aromatic carbocycles. The molecule has 31 heavy (non-hydrogen) atoms. The molecule has 10 heteroatoms. The van der Waals surface area contributed by atoms with Gasteiger partial charge in [0.2, 0.25) is 0 Å². The highest BCUT2D eigenvalue weighted by Crippen LogP contribution is 2.36. The molecule has 2 amide bonds. The molecule has 1 aliphatic heterocycles. The van der Waals surface area contributed by atoms with Crippen molar-refractivity contribution in [3.8, 4) is 11.3 Å². The second kappa shape index (κ2) is 8.58. The first-order valence-corrected chi connectivity index (χ1v) is 10.4. The van der Waals surface area contributed by atoms with Gasteiger partial charge in [-0.05, 0) is 47.7 Å². The second-order valence-electron chi connectivity index (χ2n) is 6.52. The monoisotopic (exact) mass is 474 g/mol. The Kier molecular flexibility index (Phi) is 5.86. The van der Waals surface area contributed by atoms with Crippen molar-refractivity contribution in [2.75, 3.05) is 0 Å². The average Bonchev–Trinajstić information content (AvgIpc) is 3.30. The molecule has 1 aromatic heterocycles. The van der Waals surface area contributed by atoms with Crippen molar-refractivity contribution in [2.24, 2.45) is 0 Å². The summed E-state index contributed by atoms with van der Waals surface area (Å²) in [6.07, 6.45) is 1.46. The van der Waals surface area contributed by atoms with Crippen LogP contribution >= 0.6 is 35.0 Å². The van der Waals surface area contributed by atoms with Gasteiger partial charge in [-0.3, -0.25) is 24.6 Å². The first-order chi connectivity index (χ1) is 14.8. The van der Waals surface area contributed by atoms with Gasteiger partial charge in [-0.15, -0.1) is 0 Å². The Morgan fingerprint density at radius 2 is 1.81 bits per heavy atom. The topological polar surface area (TPSA) is 93.7 Å². The first kappa shape index (κ1) is 21.2. The van der Waals surface area contributed by atoms with Crippen LogP contribution < -0.4 is 0 Å². The number of hydrogen-bond donors (Lipinski definition) is 0. The molecule has 0 unspecified atom stereocenters. The number of imide groups is 1. The molecule has 0 saturated carbocycles. The number of thioether (sulfide) groups is 1. The molecule has 0 atom stereocenters. The minimum atomic E-state index is -0.527. The SMILES string of the molecule is O=C1S/C(=C\c2ccc(-c3cc([N+](=O)[O-])ccc3Cl)o2)C(=O)N1Cc1ccc(Cl)cc1. The van der Waals surface area contributed by atoms with Crippen molar-refractivity contribution in [1.29, 1.82) is 0 Å². The quantitative estimate of drug-likeness (QED) is 0.241. The molecule has 0 aliphatic carbocycles. The number of non-ortho nitro benzene ring substituents is 1. The maximum Gasteiger partial charge on any atom is 0.293 e. The van der Waals surface area contributed by atoms with Crippen molar-refractivity contribution >= 4 is 57.9 Å². The van der Waals surface area contributed by atoms with Gasteiger partial charge in [-0.25, -0.2) is 0 Å². The maximum atomic E-state index is 12.7. The molecule has 2 heterocycles. The summed E-state index contributed by atoms with van der Waals surface area (Å²) in [6.45, 7) is 0.131. The third-order valence-corrected chi connectivity index (χ3v) is 5.94. The van der Waals surface area contributed by atoms with E-state index in [1.807, 2.05) is 0 Å². The summed E-state index contributed by atoms with van der Waals surface area (Å²) in [4.78, 5) is 36.9. The number of nitrogens with zero attached hydrogens (tertiary/aromatic N) is 2. The van der Waals surface area contributed by atoms with Gasteiger partial charge in [-0.2, -0.15) is 0 Å². The standard InChI is InChI=1S/C21H12Cl2N2O5S/c22-13-3-1-12(2-4-13)11-24-20(26)19(31-21(24)27)10-15-6-8-18(30-15)16-9-14(25(28)29)5-7-17(16)23/h1-10H,11H2/b19-10-. The minimum Gasteiger partial charge on any atom is -0.457 e. The van der Waals surface area contributed by atoms with Gasteiger partial charge >= 0.3 is 0 Å². The van der Waals surface area contributed by atoms with E-state index >= 15 is 0 Å². The van der Waals surface area contributed by atoms with Gasteiger partial charge in [0.15, 0.2) is 0 Å². The Morgan fingerprint density at radius 1 is 1.06 bits per heavy atom. The predicted octanol–water partition coefficient (Wildman–Crippen LogP) is 6.40. The molecule has 3 aromatic rings. The van der Waals surface area contributed by atoms with Crippen molar-refractivity contribution in [3.05, 3.63) is 91.0 Å². The Balaban J connectivity index is 1.56. The van der Waals surface area contributed by atoms with Crippen molar-refractivity contribution in [2.45, 2.75) is 6.54 Å². The predicted molar refractivity (Wildman–Crippen MR) is 119 cm³/mol. The Hall–Kier alpha value is -3.07. The third-order valence-electron chi connectivity index (χ3n) is 4.45. The first-order valence-electron chi connectivity index (χ1n) is 8.86. The summed E-state index contributed by atoms with van der Waals surface area (Å²) in [5.41, 5.74) is 1.00. The number of nitro benzene ring substituents is 1.